The van der Waals surface area contributed by atoms with Gasteiger partial charge in [-0.15, -0.1) is 5.10 Å². The van der Waals surface area contributed by atoms with E-state index in [0.29, 0.717) is 17.4 Å². The molecule has 2 aromatic rings. The van der Waals surface area contributed by atoms with Crippen LogP contribution in [0.25, 0.3) is 0 Å². The van der Waals surface area contributed by atoms with Crippen LogP contribution in [0.5, 0.6) is 0 Å². The lowest BCUT2D eigenvalue weighted by Crippen LogP contribution is -2.46. The van der Waals surface area contributed by atoms with Crippen LogP contribution >= 0.6 is 0 Å². The molecule has 1 fully saturated rings. The van der Waals surface area contributed by atoms with Crippen LogP contribution in [0.1, 0.15) is 28.9 Å². The summed E-state index contributed by atoms with van der Waals surface area (Å²) in [6.45, 7) is 3.47. The maximum absolute atomic E-state index is 12.8. The third-order valence-corrected chi connectivity index (χ3v) is 4.30. The second kappa shape index (κ2) is 7.40. The molecule has 6 nitrogen and oxygen atoms in total. The van der Waals surface area contributed by atoms with Crippen molar-refractivity contribution in [3.05, 3.63) is 47.7 Å². The first-order valence-corrected chi connectivity index (χ1v) is 8.29. The molecule has 0 unspecified atom stereocenters. The largest absolute Gasteiger partial charge is 0.339 e. The van der Waals surface area contributed by atoms with Gasteiger partial charge in [0.05, 0.1) is 5.69 Å². The Labute approximate surface area is 142 Å². The maximum atomic E-state index is 12.8. The van der Waals surface area contributed by atoms with Crippen LogP contribution in [0.15, 0.2) is 36.4 Å². The number of likely N-dealkylation sites (tertiary alicyclic amines) is 1. The molecule has 0 aliphatic carbocycles. The summed E-state index contributed by atoms with van der Waals surface area (Å²) in [4.78, 5) is 14.7. The van der Waals surface area contributed by atoms with Gasteiger partial charge in [-0.25, -0.2) is 0 Å². The fourth-order valence-corrected chi connectivity index (χ4v) is 2.92. The van der Waals surface area contributed by atoms with E-state index in [-0.39, 0.29) is 5.91 Å². The van der Waals surface area contributed by atoms with Gasteiger partial charge in [0, 0.05) is 30.4 Å². The van der Waals surface area contributed by atoms with Crippen LogP contribution in [-0.4, -0.2) is 47.2 Å². The number of nitrogens with one attached hydrogen (secondary N) is 2. The summed E-state index contributed by atoms with van der Waals surface area (Å²) in [5.41, 5.74) is 2.40. The summed E-state index contributed by atoms with van der Waals surface area (Å²) in [6.07, 6.45) is 2.15. The first-order valence-electron chi connectivity index (χ1n) is 8.29. The molecule has 24 heavy (non-hydrogen) atoms. The predicted molar refractivity (Wildman–Crippen MR) is 94.5 cm³/mol. The highest BCUT2D eigenvalue weighted by Gasteiger charge is 2.23. The molecule has 0 radical (unpaired) electrons. The van der Waals surface area contributed by atoms with E-state index >= 15 is 0 Å². The number of piperidine rings is 1. The van der Waals surface area contributed by atoms with Crippen LogP contribution in [-0.2, 0) is 0 Å². The number of aryl methyl sites for hydroxylation is 1. The van der Waals surface area contributed by atoms with Crippen molar-refractivity contribution in [2.75, 3.05) is 25.5 Å². The topological polar surface area (TPSA) is 70.2 Å². The lowest BCUT2D eigenvalue weighted by Gasteiger charge is -2.32. The Kier molecular flexibility index (Phi) is 5.05. The highest BCUT2D eigenvalue weighted by Crippen LogP contribution is 2.19. The van der Waals surface area contributed by atoms with Crippen LogP contribution in [0, 0.1) is 6.92 Å². The zero-order valence-electron chi connectivity index (χ0n) is 14.1. The summed E-state index contributed by atoms with van der Waals surface area (Å²) in [7, 11) is 1.95. The molecule has 0 saturated carbocycles. The van der Waals surface area contributed by atoms with E-state index in [0.717, 1.165) is 37.3 Å². The van der Waals surface area contributed by atoms with E-state index in [2.05, 4.69) is 20.8 Å². The number of hydrogen-bond donors (Lipinski definition) is 2. The monoisotopic (exact) mass is 325 g/mol. The average molecular weight is 325 g/mol. The first kappa shape index (κ1) is 16.4. The highest BCUT2D eigenvalue weighted by molar-refractivity contribution is 5.95. The molecule has 1 amide bonds. The Balaban J connectivity index is 1.72. The van der Waals surface area contributed by atoms with Gasteiger partial charge in [0.15, 0.2) is 5.82 Å². The van der Waals surface area contributed by atoms with Crippen molar-refractivity contribution in [2.24, 2.45) is 0 Å². The molecular formula is C18H23N5O. The van der Waals surface area contributed by atoms with Crippen molar-refractivity contribution in [1.29, 1.82) is 0 Å². The number of rotatable bonds is 4. The van der Waals surface area contributed by atoms with E-state index in [4.69, 9.17) is 0 Å². The summed E-state index contributed by atoms with van der Waals surface area (Å²) in [5.74, 6) is 0.743. The molecule has 3 rings (SSSR count). The van der Waals surface area contributed by atoms with Gasteiger partial charge in [0.25, 0.3) is 5.91 Å². The molecule has 6 heteroatoms. The summed E-state index contributed by atoms with van der Waals surface area (Å²) >= 11 is 0. The molecule has 1 aromatic heterocycles. The van der Waals surface area contributed by atoms with Crippen molar-refractivity contribution >= 4 is 17.4 Å². The molecule has 1 saturated heterocycles. The zero-order valence-corrected chi connectivity index (χ0v) is 14.1. The van der Waals surface area contributed by atoms with E-state index < -0.39 is 0 Å². The lowest BCUT2D eigenvalue weighted by molar-refractivity contribution is 0.0698. The average Bonchev–Trinajstić information content (AvgIpc) is 2.63. The number of anilines is 2. The van der Waals surface area contributed by atoms with Gasteiger partial charge < -0.3 is 15.5 Å². The molecule has 0 bridgehead atoms. The zero-order chi connectivity index (χ0) is 16.9. The number of benzene rings is 1. The van der Waals surface area contributed by atoms with E-state index in [9.17, 15) is 4.79 Å². The lowest BCUT2D eigenvalue weighted by atomic mass is 10.0. The summed E-state index contributed by atoms with van der Waals surface area (Å²) < 4.78 is 0. The van der Waals surface area contributed by atoms with Crippen LogP contribution in [0.3, 0.4) is 0 Å². The molecule has 1 aromatic carbocycles. The smallest absolute Gasteiger partial charge is 0.253 e. The number of nitrogens with zero attached hydrogens (tertiary/aromatic N) is 3. The van der Waals surface area contributed by atoms with Crippen molar-refractivity contribution in [1.82, 2.24) is 20.4 Å². The maximum Gasteiger partial charge on any atom is 0.253 e. The van der Waals surface area contributed by atoms with Crippen LogP contribution < -0.4 is 10.6 Å². The molecule has 2 N–H and O–H groups in total. The number of amides is 1. The summed E-state index contributed by atoms with van der Waals surface area (Å²) in [6, 6.07) is 11.7. The standard InChI is InChI=1S/C18H23N5O/c1-13-8-9-17(22-21-13)20-15-6-3-5-14(11-15)18(24)23-10-4-7-16(12-23)19-2/h3,5-6,8-9,11,16,19H,4,7,10,12H2,1-2H3,(H,20,22)/t16-/m0/s1. The van der Waals surface area contributed by atoms with E-state index in [1.54, 1.807) is 0 Å². The third-order valence-electron chi connectivity index (χ3n) is 4.30. The predicted octanol–water partition coefficient (Wildman–Crippen LogP) is 2.35. The van der Waals surface area contributed by atoms with Gasteiger partial charge in [0.2, 0.25) is 0 Å². The summed E-state index contributed by atoms with van der Waals surface area (Å²) in [5, 5.41) is 14.6. The van der Waals surface area contributed by atoms with Gasteiger partial charge in [-0.05, 0) is 57.1 Å². The third kappa shape index (κ3) is 3.89. The van der Waals surface area contributed by atoms with Crippen LogP contribution in [0.2, 0.25) is 0 Å². The molecule has 1 aliphatic heterocycles. The normalized spacial score (nSPS) is 17.6. The minimum atomic E-state index is 0.0774. The molecule has 0 spiro atoms. The van der Waals surface area contributed by atoms with Gasteiger partial charge >= 0.3 is 0 Å². The number of carbonyl (C=O) groups excluding carboxylic acids is 1. The van der Waals surface area contributed by atoms with Crippen molar-refractivity contribution in [3.63, 3.8) is 0 Å². The molecule has 1 atom stereocenters. The van der Waals surface area contributed by atoms with Crippen molar-refractivity contribution in [3.8, 4) is 0 Å². The second-order valence-electron chi connectivity index (χ2n) is 6.14. The Hall–Kier alpha value is -2.47. The van der Waals surface area contributed by atoms with Gasteiger partial charge in [0.1, 0.15) is 0 Å². The number of aromatic nitrogens is 2. The molecule has 126 valence electrons. The van der Waals surface area contributed by atoms with Crippen molar-refractivity contribution in [2.45, 2.75) is 25.8 Å². The number of hydrogen-bond acceptors (Lipinski definition) is 5. The Morgan fingerprint density at radius 1 is 1.25 bits per heavy atom. The Morgan fingerprint density at radius 2 is 2.12 bits per heavy atom. The number of carbonyl (C=O) groups is 1. The van der Waals surface area contributed by atoms with Gasteiger partial charge in [-0.1, -0.05) is 6.07 Å². The Morgan fingerprint density at radius 3 is 2.88 bits per heavy atom. The van der Waals surface area contributed by atoms with E-state index in [1.165, 1.54) is 0 Å². The van der Waals surface area contributed by atoms with Gasteiger partial charge in [-0.2, -0.15) is 5.10 Å². The van der Waals surface area contributed by atoms with Gasteiger partial charge in [-0.3, -0.25) is 4.79 Å². The second-order valence-corrected chi connectivity index (χ2v) is 6.14. The molecular weight excluding hydrogens is 302 g/mol. The molecule has 2 heterocycles. The SMILES string of the molecule is CN[C@H]1CCCN(C(=O)c2cccc(Nc3ccc(C)nn3)c2)C1. The quantitative estimate of drug-likeness (QED) is 0.903. The number of likely N-dealkylation sites (N-methyl/N-ethyl adjacent to an activating group) is 1. The minimum Gasteiger partial charge on any atom is -0.339 e. The first-order chi connectivity index (χ1) is 11.7. The minimum absolute atomic E-state index is 0.0774. The highest BCUT2D eigenvalue weighted by atomic mass is 16.2. The van der Waals surface area contributed by atoms with Crippen molar-refractivity contribution < 1.29 is 4.79 Å². The fraction of sp³-hybridized carbons (Fsp3) is 0.389. The Bertz CT molecular complexity index is 701. The van der Waals surface area contributed by atoms with Crippen LogP contribution in [0.4, 0.5) is 11.5 Å². The molecule has 1 aliphatic rings. The van der Waals surface area contributed by atoms with E-state index in [1.807, 2.05) is 55.3 Å². The fourth-order valence-electron chi connectivity index (χ4n) is 2.92.